The van der Waals surface area contributed by atoms with Crippen LogP contribution in [0.2, 0.25) is 0 Å². The molecule has 0 radical (unpaired) electrons. The third kappa shape index (κ3) is 3.61. The van der Waals surface area contributed by atoms with Gasteiger partial charge in [-0.1, -0.05) is 24.0 Å². The molecule has 0 aromatic carbocycles. The molecule has 0 aliphatic carbocycles. The standard InChI is InChI=1S/C9H12/c1-5-6-7-9(4)8(2)3/h5H,1H2,2-4H3. The average molecular weight is 120 g/mol. The molecular weight excluding hydrogens is 108 g/mol. The van der Waals surface area contributed by atoms with Gasteiger partial charge in [-0.05, 0) is 32.4 Å². The van der Waals surface area contributed by atoms with Gasteiger partial charge in [-0.2, -0.15) is 0 Å². The van der Waals surface area contributed by atoms with E-state index in [9.17, 15) is 0 Å². The Hall–Kier alpha value is -0.960. The number of rotatable bonds is 0. The third-order valence-corrected chi connectivity index (χ3v) is 1.11. The highest BCUT2D eigenvalue weighted by Gasteiger charge is 1.81. The van der Waals surface area contributed by atoms with Crippen molar-refractivity contribution in [3.63, 3.8) is 0 Å². The average Bonchev–Trinajstić information content (AvgIpc) is 1.82. The molecule has 0 rings (SSSR count). The van der Waals surface area contributed by atoms with Crippen LogP contribution in [-0.2, 0) is 0 Å². The highest BCUT2D eigenvalue weighted by Crippen LogP contribution is 1.98. The Morgan fingerprint density at radius 1 is 1.33 bits per heavy atom. The molecule has 0 amide bonds. The molecule has 0 aromatic heterocycles. The maximum absolute atomic E-state index is 3.50. The minimum absolute atomic E-state index is 1.13. The molecule has 0 unspecified atom stereocenters. The van der Waals surface area contributed by atoms with Crippen molar-refractivity contribution in [3.8, 4) is 11.8 Å². The van der Waals surface area contributed by atoms with E-state index in [0.29, 0.717) is 0 Å². The molecule has 0 aliphatic rings. The highest BCUT2D eigenvalue weighted by atomic mass is 13.9. The van der Waals surface area contributed by atoms with Crippen LogP contribution in [0, 0.1) is 11.8 Å². The lowest BCUT2D eigenvalue weighted by molar-refractivity contribution is 1.31. The second-order valence-electron chi connectivity index (χ2n) is 2.10. The Morgan fingerprint density at radius 3 is 2.22 bits per heavy atom. The molecular formula is C9H12. The van der Waals surface area contributed by atoms with Crippen LogP contribution in [0.25, 0.3) is 0 Å². The van der Waals surface area contributed by atoms with Crippen LogP contribution in [0.1, 0.15) is 20.8 Å². The van der Waals surface area contributed by atoms with Gasteiger partial charge in [0, 0.05) is 0 Å². The molecule has 0 aromatic rings. The normalized spacial score (nSPS) is 7.00. The minimum Gasteiger partial charge on any atom is -0.0906 e. The Kier molecular flexibility index (Phi) is 3.55. The molecule has 0 saturated heterocycles. The lowest BCUT2D eigenvalue weighted by atomic mass is 10.2. The first-order valence-corrected chi connectivity index (χ1v) is 2.95. The smallest absolute Gasteiger partial charge is 0.00208 e. The fourth-order valence-corrected chi connectivity index (χ4v) is 0.284. The number of hydrogen-bond acceptors (Lipinski definition) is 0. The van der Waals surface area contributed by atoms with Gasteiger partial charge in [-0.15, -0.1) is 0 Å². The topological polar surface area (TPSA) is 0 Å². The minimum atomic E-state index is 1.13. The zero-order chi connectivity index (χ0) is 7.28. The molecule has 0 saturated carbocycles. The summed E-state index contributed by atoms with van der Waals surface area (Å²) in [5, 5.41) is 0. The van der Waals surface area contributed by atoms with Gasteiger partial charge in [0.15, 0.2) is 0 Å². The fourth-order valence-electron chi connectivity index (χ4n) is 0.284. The summed E-state index contributed by atoms with van der Waals surface area (Å²) >= 11 is 0. The molecule has 0 heterocycles. The van der Waals surface area contributed by atoms with Crippen molar-refractivity contribution in [2.24, 2.45) is 0 Å². The summed E-state index contributed by atoms with van der Waals surface area (Å²) in [7, 11) is 0. The van der Waals surface area contributed by atoms with Gasteiger partial charge in [0.2, 0.25) is 0 Å². The van der Waals surface area contributed by atoms with Crippen LogP contribution in [0.15, 0.2) is 23.8 Å². The quantitative estimate of drug-likeness (QED) is 0.431. The summed E-state index contributed by atoms with van der Waals surface area (Å²) in [6, 6.07) is 0. The van der Waals surface area contributed by atoms with Crippen LogP contribution < -0.4 is 0 Å². The van der Waals surface area contributed by atoms with Crippen molar-refractivity contribution < 1.29 is 0 Å². The van der Waals surface area contributed by atoms with Crippen molar-refractivity contribution in [2.45, 2.75) is 20.8 Å². The van der Waals surface area contributed by atoms with E-state index in [-0.39, 0.29) is 0 Å². The monoisotopic (exact) mass is 120 g/mol. The summed E-state index contributed by atoms with van der Waals surface area (Å²) in [5.41, 5.74) is 2.40. The first kappa shape index (κ1) is 8.04. The maximum Gasteiger partial charge on any atom is -0.00208 e. The Labute approximate surface area is 57.3 Å². The predicted octanol–water partition coefficient (Wildman–Crippen LogP) is 2.53. The van der Waals surface area contributed by atoms with E-state index in [1.165, 1.54) is 5.57 Å². The third-order valence-electron chi connectivity index (χ3n) is 1.11. The predicted molar refractivity (Wildman–Crippen MR) is 42.0 cm³/mol. The van der Waals surface area contributed by atoms with Gasteiger partial charge in [0.05, 0.1) is 0 Å². The first-order valence-electron chi connectivity index (χ1n) is 2.95. The van der Waals surface area contributed by atoms with Crippen molar-refractivity contribution in [2.75, 3.05) is 0 Å². The van der Waals surface area contributed by atoms with E-state index in [4.69, 9.17) is 0 Å². The van der Waals surface area contributed by atoms with Crippen LogP contribution >= 0.6 is 0 Å². The van der Waals surface area contributed by atoms with Crippen molar-refractivity contribution in [1.29, 1.82) is 0 Å². The van der Waals surface area contributed by atoms with Crippen molar-refractivity contribution in [1.82, 2.24) is 0 Å². The van der Waals surface area contributed by atoms with E-state index >= 15 is 0 Å². The summed E-state index contributed by atoms with van der Waals surface area (Å²) < 4.78 is 0. The van der Waals surface area contributed by atoms with Crippen LogP contribution in [0.5, 0.6) is 0 Å². The summed E-state index contributed by atoms with van der Waals surface area (Å²) in [6.45, 7) is 9.60. The van der Waals surface area contributed by atoms with Gasteiger partial charge in [-0.3, -0.25) is 0 Å². The number of allylic oxidation sites excluding steroid dienone is 3. The lowest BCUT2D eigenvalue weighted by Gasteiger charge is -1.88. The lowest BCUT2D eigenvalue weighted by Crippen LogP contribution is -1.72. The van der Waals surface area contributed by atoms with Crippen molar-refractivity contribution in [3.05, 3.63) is 23.8 Å². The first-order chi connectivity index (χ1) is 4.18. The second-order valence-corrected chi connectivity index (χ2v) is 2.10. The maximum atomic E-state index is 3.50. The van der Waals surface area contributed by atoms with Gasteiger partial charge < -0.3 is 0 Å². The summed E-state index contributed by atoms with van der Waals surface area (Å²) in [4.78, 5) is 0. The zero-order valence-electron chi connectivity index (χ0n) is 6.28. The molecule has 0 aliphatic heterocycles. The molecule has 0 atom stereocenters. The van der Waals surface area contributed by atoms with E-state index in [0.717, 1.165) is 5.57 Å². The molecule has 0 bridgehead atoms. The second kappa shape index (κ2) is 3.97. The van der Waals surface area contributed by atoms with Crippen LogP contribution in [0.3, 0.4) is 0 Å². The highest BCUT2D eigenvalue weighted by molar-refractivity contribution is 5.32. The molecule has 0 heteroatoms. The van der Waals surface area contributed by atoms with E-state index < -0.39 is 0 Å². The largest absolute Gasteiger partial charge is 0.0906 e. The molecule has 0 spiro atoms. The fraction of sp³-hybridized carbons (Fsp3) is 0.333. The number of hydrogen-bond donors (Lipinski definition) is 0. The van der Waals surface area contributed by atoms with Gasteiger partial charge in [0.1, 0.15) is 0 Å². The van der Waals surface area contributed by atoms with Gasteiger partial charge in [0.25, 0.3) is 0 Å². The summed E-state index contributed by atoms with van der Waals surface area (Å²) in [5.74, 6) is 5.73. The summed E-state index contributed by atoms with van der Waals surface area (Å²) in [6.07, 6.45) is 1.60. The van der Waals surface area contributed by atoms with E-state index in [2.05, 4.69) is 18.4 Å². The molecule has 0 fully saturated rings. The SMILES string of the molecule is C=CC#CC(C)=C(C)C. The van der Waals surface area contributed by atoms with Crippen LogP contribution in [-0.4, -0.2) is 0 Å². The van der Waals surface area contributed by atoms with Gasteiger partial charge in [-0.25, -0.2) is 0 Å². The molecule has 0 N–H and O–H groups in total. The van der Waals surface area contributed by atoms with E-state index in [1.807, 2.05) is 20.8 Å². The van der Waals surface area contributed by atoms with E-state index in [1.54, 1.807) is 6.08 Å². The van der Waals surface area contributed by atoms with Crippen LogP contribution in [0.4, 0.5) is 0 Å². The zero-order valence-corrected chi connectivity index (χ0v) is 6.28. The molecule has 48 valence electrons. The van der Waals surface area contributed by atoms with Crippen molar-refractivity contribution >= 4 is 0 Å². The molecule has 9 heavy (non-hydrogen) atoms. The Bertz CT molecular complexity index is 180. The molecule has 0 nitrogen and oxygen atoms in total. The Balaban J connectivity index is 4.23. The van der Waals surface area contributed by atoms with Gasteiger partial charge >= 0.3 is 0 Å². The Morgan fingerprint density at radius 2 is 1.89 bits per heavy atom.